The van der Waals surface area contributed by atoms with Crippen molar-refractivity contribution in [1.82, 2.24) is 0 Å². The van der Waals surface area contributed by atoms with Crippen LogP contribution in [-0.2, 0) is 16.1 Å². The Balaban J connectivity index is 1.68. The van der Waals surface area contributed by atoms with Crippen LogP contribution >= 0.6 is 15.9 Å². The molecule has 0 aromatic heterocycles. The fourth-order valence-electron chi connectivity index (χ4n) is 1.36. The van der Waals surface area contributed by atoms with Gasteiger partial charge in [-0.25, -0.2) is 0 Å². The predicted octanol–water partition coefficient (Wildman–Crippen LogP) is 1.73. The molecule has 0 radical (unpaired) electrons. The van der Waals surface area contributed by atoms with Gasteiger partial charge in [0, 0.05) is 4.47 Å². The number of epoxide rings is 1. The van der Waals surface area contributed by atoms with Gasteiger partial charge < -0.3 is 14.6 Å². The SMILES string of the molecule is OC[C@@H]1O[C@@H]1COCc1ccc(Br)cc1. The van der Waals surface area contributed by atoms with Gasteiger partial charge in [0.15, 0.2) is 0 Å². The van der Waals surface area contributed by atoms with Gasteiger partial charge in [-0.2, -0.15) is 0 Å². The molecule has 1 aromatic rings. The molecule has 2 rings (SSSR count). The Bertz CT molecular complexity index is 312. The lowest BCUT2D eigenvalue weighted by molar-refractivity contribution is 0.104. The maximum Gasteiger partial charge on any atom is 0.110 e. The van der Waals surface area contributed by atoms with Crippen molar-refractivity contribution in [2.75, 3.05) is 13.2 Å². The van der Waals surface area contributed by atoms with Crippen LogP contribution in [0.3, 0.4) is 0 Å². The van der Waals surface area contributed by atoms with Crippen molar-refractivity contribution in [3.8, 4) is 0 Å². The lowest BCUT2D eigenvalue weighted by Crippen LogP contribution is -2.07. The summed E-state index contributed by atoms with van der Waals surface area (Å²) in [6.07, 6.45) is 0.0837. The van der Waals surface area contributed by atoms with Gasteiger partial charge >= 0.3 is 0 Å². The zero-order valence-corrected chi connectivity index (χ0v) is 9.81. The number of ether oxygens (including phenoxy) is 2. The first-order valence-electron chi connectivity index (χ1n) is 4.88. The van der Waals surface area contributed by atoms with Crippen molar-refractivity contribution < 1.29 is 14.6 Å². The maximum atomic E-state index is 8.74. The Morgan fingerprint density at radius 3 is 2.60 bits per heavy atom. The third-order valence-electron chi connectivity index (χ3n) is 2.33. The summed E-state index contributed by atoms with van der Waals surface area (Å²) in [5.41, 5.74) is 1.14. The molecular formula is C11H13BrO3. The highest BCUT2D eigenvalue weighted by Gasteiger charge is 2.37. The number of aliphatic hydroxyl groups is 1. The Morgan fingerprint density at radius 2 is 2.00 bits per heavy atom. The fourth-order valence-corrected chi connectivity index (χ4v) is 1.62. The Hall–Kier alpha value is -0.420. The summed E-state index contributed by atoms with van der Waals surface area (Å²) in [5, 5.41) is 8.74. The summed E-state index contributed by atoms with van der Waals surface area (Å²) in [6, 6.07) is 8.01. The molecule has 1 aromatic carbocycles. The van der Waals surface area contributed by atoms with Crippen LogP contribution in [0, 0.1) is 0 Å². The predicted molar refractivity (Wildman–Crippen MR) is 59.5 cm³/mol. The third-order valence-corrected chi connectivity index (χ3v) is 2.86. The highest BCUT2D eigenvalue weighted by molar-refractivity contribution is 9.10. The molecule has 1 aliphatic rings. The minimum atomic E-state index is -0.00471. The van der Waals surface area contributed by atoms with Crippen molar-refractivity contribution in [1.29, 1.82) is 0 Å². The Kier molecular flexibility index (Phi) is 3.75. The van der Waals surface area contributed by atoms with E-state index in [1.807, 2.05) is 24.3 Å². The number of hydrogen-bond acceptors (Lipinski definition) is 3. The molecule has 0 amide bonds. The summed E-state index contributed by atoms with van der Waals surface area (Å²) in [5.74, 6) is 0. The zero-order valence-electron chi connectivity index (χ0n) is 8.23. The van der Waals surface area contributed by atoms with Crippen LogP contribution in [0.15, 0.2) is 28.7 Å². The van der Waals surface area contributed by atoms with Crippen LogP contribution < -0.4 is 0 Å². The van der Waals surface area contributed by atoms with E-state index in [4.69, 9.17) is 14.6 Å². The molecule has 0 aliphatic carbocycles. The smallest absolute Gasteiger partial charge is 0.110 e. The van der Waals surface area contributed by atoms with Gasteiger partial charge in [-0.1, -0.05) is 28.1 Å². The monoisotopic (exact) mass is 272 g/mol. The van der Waals surface area contributed by atoms with Crippen molar-refractivity contribution in [3.05, 3.63) is 34.3 Å². The molecular weight excluding hydrogens is 260 g/mol. The molecule has 2 atom stereocenters. The first-order chi connectivity index (χ1) is 7.29. The van der Waals surface area contributed by atoms with E-state index in [1.165, 1.54) is 0 Å². The van der Waals surface area contributed by atoms with Crippen molar-refractivity contribution >= 4 is 15.9 Å². The van der Waals surface area contributed by atoms with E-state index in [0.29, 0.717) is 13.2 Å². The van der Waals surface area contributed by atoms with Crippen LogP contribution in [0.4, 0.5) is 0 Å². The molecule has 4 heteroatoms. The number of halogens is 1. The molecule has 1 heterocycles. The van der Waals surface area contributed by atoms with Gasteiger partial charge in [-0.15, -0.1) is 0 Å². The number of rotatable bonds is 5. The highest BCUT2D eigenvalue weighted by atomic mass is 79.9. The molecule has 0 spiro atoms. The van der Waals surface area contributed by atoms with Crippen LogP contribution in [-0.4, -0.2) is 30.5 Å². The van der Waals surface area contributed by atoms with E-state index >= 15 is 0 Å². The van der Waals surface area contributed by atoms with E-state index in [0.717, 1.165) is 10.0 Å². The minimum Gasteiger partial charge on any atom is -0.394 e. The quantitative estimate of drug-likeness (QED) is 0.831. The summed E-state index contributed by atoms with van der Waals surface area (Å²) in [7, 11) is 0. The lowest BCUT2D eigenvalue weighted by atomic mass is 10.2. The second-order valence-corrected chi connectivity index (χ2v) is 4.45. The molecule has 3 nitrogen and oxygen atoms in total. The maximum absolute atomic E-state index is 8.74. The first-order valence-corrected chi connectivity index (χ1v) is 5.67. The van der Waals surface area contributed by atoms with E-state index < -0.39 is 0 Å². The van der Waals surface area contributed by atoms with Crippen LogP contribution in [0.5, 0.6) is 0 Å². The molecule has 0 unspecified atom stereocenters. The molecule has 82 valence electrons. The standard InChI is InChI=1S/C11H13BrO3/c12-9-3-1-8(2-4-9)6-14-7-11-10(5-13)15-11/h1-4,10-11,13H,5-7H2/t10-,11+/m0/s1. The molecule has 15 heavy (non-hydrogen) atoms. The van der Waals surface area contributed by atoms with Gasteiger partial charge in [-0.05, 0) is 17.7 Å². The van der Waals surface area contributed by atoms with Gasteiger partial charge in [0.1, 0.15) is 12.2 Å². The van der Waals surface area contributed by atoms with Crippen LogP contribution in [0.2, 0.25) is 0 Å². The van der Waals surface area contributed by atoms with Gasteiger partial charge in [0.2, 0.25) is 0 Å². The molecule has 1 fully saturated rings. The second kappa shape index (κ2) is 5.07. The number of aliphatic hydroxyl groups excluding tert-OH is 1. The van der Waals surface area contributed by atoms with Crippen molar-refractivity contribution in [2.45, 2.75) is 18.8 Å². The number of hydrogen-bond donors (Lipinski definition) is 1. The van der Waals surface area contributed by atoms with E-state index in [9.17, 15) is 0 Å². The zero-order chi connectivity index (χ0) is 10.7. The summed E-state index contributed by atoms with van der Waals surface area (Å²) < 4.78 is 11.7. The lowest BCUT2D eigenvalue weighted by Gasteiger charge is -2.02. The highest BCUT2D eigenvalue weighted by Crippen LogP contribution is 2.21. The van der Waals surface area contributed by atoms with Crippen LogP contribution in [0.25, 0.3) is 0 Å². The van der Waals surface area contributed by atoms with E-state index in [2.05, 4.69) is 15.9 Å². The summed E-state index contributed by atoms with van der Waals surface area (Å²) >= 11 is 3.38. The average molecular weight is 273 g/mol. The normalized spacial score (nSPS) is 24.1. The van der Waals surface area contributed by atoms with Gasteiger partial charge in [0.05, 0.1) is 19.8 Å². The van der Waals surface area contributed by atoms with Crippen LogP contribution in [0.1, 0.15) is 5.56 Å². The van der Waals surface area contributed by atoms with Gasteiger partial charge in [-0.3, -0.25) is 0 Å². The number of benzene rings is 1. The molecule has 0 saturated carbocycles. The Morgan fingerprint density at radius 1 is 1.27 bits per heavy atom. The second-order valence-electron chi connectivity index (χ2n) is 3.54. The topological polar surface area (TPSA) is 42.0 Å². The molecule has 0 bridgehead atoms. The third kappa shape index (κ3) is 3.28. The summed E-state index contributed by atoms with van der Waals surface area (Å²) in [6.45, 7) is 1.24. The van der Waals surface area contributed by atoms with E-state index in [-0.39, 0.29) is 18.8 Å². The van der Waals surface area contributed by atoms with Gasteiger partial charge in [0.25, 0.3) is 0 Å². The minimum absolute atomic E-state index is 0.00471. The van der Waals surface area contributed by atoms with E-state index in [1.54, 1.807) is 0 Å². The molecule has 1 N–H and O–H groups in total. The molecule has 1 saturated heterocycles. The average Bonchev–Trinajstić information content (AvgIpc) is 3.00. The fraction of sp³-hybridized carbons (Fsp3) is 0.455. The summed E-state index contributed by atoms with van der Waals surface area (Å²) in [4.78, 5) is 0. The molecule has 1 aliphatic heterocycles. The first kappa shape index (κ1) is 11.1. The van der Waals surface area contributed by atoms with Crippen molar-refractivity contribution in [3.63, 3.8) is 0 Å². The largest absolute Gasteiger partial charge is 0.394 e. The Labute approximate surface area is 97.1 Å². The van der Waals surface area contributed by atoms with Crippen molar-refractivity contribution in [2.24, 2.45) is 0 Å².